The minimum absolute atomic E-state index is 0.151. The predicted octanol–water partition coefficient (Wildman–Crippen LogP) is 3.04. The van der Waals surface area contributed by atoms with Crippen LogP contribution in [0.3, 0.4) is 0 Å². The van der Waals surface area contributed by atoms with Crippen molar-refractivity contribution >= 4 is 21.9 Å². The van der Waals surface area contributed by atoms with Crippen LogP contribution in [-0.2, 0) is 11.3 Å². The van der Waals surface area contributed by atoms with Crippen LogP contribution in [0.2, 0.25) is 0 Å². The number of nitrogens with one attached hydrogen (secondary N) is 1. The number of hydrogen-bond donors (Lipinski definition) is 2. The van der Waals surface area contributed by atoms with Gasteiger partial charge in [-0.1, -0.05) is 34.5 Å². The van der Waals surface area contributed by atoms with E-state index < -0.39 is 5.97 Å². The molecule has 0 heterocycles. The van der Waals surface area contributed by atoms with Gasteiger partial charge in [-0.05, 0) is 43.0 Å². The Morgan fingerprint density at radius 2 is 2.06 bits per heavy atom. The molecule has 2 rings (SSSR count). The molecular weight excluding hydrogens is 294 g/mol. The Morgan fingerprint density at radius 1 is 1.33 bits per heavy atom. The lowest BCUT2D eigenvalue weighted by Crippen LogP contribution is -2.28. The second kappa shape index (κ2) is 6.34. The lowest BCUT2D eigenvalue weighted by molar-refractivity contribution is -0.142. The lowest BCUT2D eigenvalue weighted by atomic mass is 9.96. The van der Waals surface area contributed by atoms with Gasteiger partial charge in [0.2, 0.25) is 0 Å². The maximum absolute atomic E-state index is 11.0. The fraction of sp³-hybridized carbons (Fsp3) is 0.500. The van der Waals surface area contributed by atoms with Crippen molar-refractivity contribution in [2.24, 2.45) is 11.8 Å². The number of hydrogen-bond acceptors (Lipinski definition) is 2. The van der Waals surface area contributed by atoms with Gasteiger partial charge in [-0.3, -0.25) is 4.79 Å². The zero-order valence-electron chi connectivity index (χ0n) is 10.2. The zero-order valence-corrected chi connectivity index (χ0v) is 11.8. The molecule has 1 fully saturated rings. The van der Waals surface area contributed by atoms with Gasteiger partial charge < -0.3 is 10.4 Å². The average Bonchev–Trinajstić information content (AvgIpc) is 2.80. The minimum Gasteiger partial charge on any atom is -0.481 e. The highest BCUT2D eigenvalue weighted by molar-refractivity contribution is 9.10. The Balaban J connectivity index is 1.78. The zero-order chi connectivity index (χ0) is 13.0. The van der Waals surface area contributed by atoms with Gasteiger partial charge in [0.25, 0.3) is 0 Å². The van der Waals surface area contributed by atoms with Crippen LogP contribution < -0.4 is 5.32 Å². The predicted molar refractivity (Wildman–Crippen MR) is 74.3 cm³/mol. The van der Waals surface area contributed by atoms with Crippen LogP contribution >= 0.6 is 15.9 Å². The highest BCUT2D eigenvalue weighted by Crippen LogP contribution is 2.31. The maximum atomic E-state index is 11.0. The van der Waals surface area contributed by atoms with Gasteiger partial charge in [0.05, 0.1) is 5.92 Å². The number of carboxylic acid groups (broad SMARTS) is 1. The van der Waals surface area contributed by atoms with Gasteiger partial charge >= 0.3 is 5.97 Å². The highest BCUT2D eigenvalue weighted by atomic mass is 79.9. The summed E-state index contributed by atoms with van der Waals surface area (Å²) in [6.07, 6.45) is 2.91. The summed E-state index contributed by atoms with van der Waals surface area (Å²) in [5, 5.41) is 12.5. The average molecular weight is 312 g/mol. The number of halogens is 1. The first-order chi connectivity index (χ1) is 8.66. The Morgan fingerprint density at radius 3 is 2.72 bits per heavy atom. The van der Waals surface area contributed by atoms with E-state index in [2.05, 4.69) is 33.4 Å². The molecule has 0 saturated heterocycles. The summed E-state index contributed by atoms with van der Waals surface area (Å²) in [5.74, 6) is -0.497. The minimum atomic E-state index is -0.636. The van der Waals surface area contributed by atoms with Crippen molar-refractivity contribution in [2.75, 3.05) is 6.54 Å². The van der Waals surface area contributed by atoms with Crippen molar-refractivity contribution in [2.45, 2.75) is 25.8 Å². The number of carboxylic acids is 1. The van der Waals surface area contributed by atoms with Crippen LogP contribution in [-0.4, -0.2) is 17.6 Å². The molecule has 4 heteroatoms. The quantitative estimate of drug-likeness (QED) is 0.878. The summed E-state index contributed by atoms with van der Waals surface area (Å²) in [6.45, 7) is 1.60. The molecule has 0 aliphatic heterocycles. The molecule has 1 aromatic rings. The summed E-state index contributed by atoms with van der Waals surface area (Å²) in [4.78, 5) is 11.0. The summed E-state index contributed by atoms with van der Waals surface area (Å²) in [5.41, 5.74) is 1.23. The van der Waals surface area contributed by atoms with E-state index in [1.165, 1.54) is 5.56 Å². The molecule has 0 aromatic heterocycles. The van der Waals surface area contributed by atoms with Gasteiger partial charge in [0.15, 0.2) is 0 Å². The number of benzene rings is 1. The van der Waals surface area contributed by atoms with E-state index >= 15 is 0 Å². The molecule has 98 valence electrons. The molecule has 0 radical (unpaired) electrons. The van der Waals surface area contributed by atoms with Gasteiger partial charge in [0, 0.05) is 11.0 Å². The Bertz CT molecular complexity index is 405. The third-order valence-electron chi connectivity index (χ3n) is 3.63. The number of carbonyl (C=O) groups is 1. The van der Waals surface area contributed by atoms with Gasteiger partial charge in [-0.2, -0.15) is 0 Å². The van der Waals surface area contributed by atoms with Crippen molar-refractivity contribution in [1.82, 2.24) is 5.32 Å². The molecule has 3 nitrogen and oxygen atoms in total. The normalized spacial score (nSPS) is 23.2. The molecule has 1 aromatic carbocycles. The smallest absolute Gasteiger partial charge is 0.306 e. The van der Waals surface area contributed by atoms with Crippen molar-refractivity contribution in [3.8, 4) is 0 Å². The van der Waals surface area contributed by atoms with Gasteiger partial charge in [0.1, 0.15) is 0 Å². The molecule has 2 unspecified atom stereocenters. The molecule has 0 bridgehead atoms. The SMILES string of the molecule is O=C(O)C1CCCC1CNCc1ccc(Br)cc1. The largest absolute Gasteiger partial charge is 0.481 e. The van der Waals surface area contributed by atoms with Crippen molar-refractivity contribution in [3.63, 3.8) is 0 Å². The van der Waals surface area contributed by atoms with E-state index in [9.17, 15) is 4.79 Å². The number of aliphatic carboxylic acids is 1. The third kappa shape index (κ3) is 3.56. The molecule has 2 N–H and O–H groups in total. The summed E-state index contributed by atoms with van der Waals surface area (Å²) < 4.78 is 1.08. The van der Waals surface area contributed by atoms with Gasteiger partial charge in [-0.15, -0.1) is 0 Å². The second-order valence-electron chi connectivity index (χ2n) is 4.89. The maximum Gasteiger partial charge on any atom is 0.306 e. The fourth-order valence-corrected chi connectivity index (χ4v) is 2.87. The Labute approximate surface area is 116 Å². The topological polar surface area (TPSA) is 49.3 Å². The van der Waals surface area contributed by atoms with Crippen LogP contribution in [0.4, 0.5) is 0 Å². The van der Waals surface area contributed by atoms with Crippen LogP contribution in [0.1, 0.15) is 24.8 Å². The first-order valence-electron chi connectivity index (χ1n) is 6.35. The molecule has 1 aliphatic carbocycles. The first-order valence-corrected chi connectivity index (χ1v) is 7.14. The van der Waals surface area contributed by atoms with Crippen molar-refractivity contribution in [3.05, 3.63) is 34.3 Å². The van der Waals surface area contributed by atoms with E-state index in [4.69, 9.17) is 5.11 Å². The number of rotatable bonds is 5. The Hall–Kier alpha value is -0.870. The van der Waals surface area contributed by atoms with E-state index in [-0.39, 0.29) is 11.8 Å². The van der Waals surface area contributed by atoms with E-state index in [0.717, 1.165) is 36.8 Å². The fourth-order valence-electron chi connectivity index (χ4n) is 2.61. The standard InChI is InChI=1S/C14H18BrNO2/c15-12-6-4-10(5-7-12)8-16-9-11-2-1-3-13(11)14(17)18/h4-7,11,13,16H,1-3,8-9H2,(H,17,18). The monoisotopic (exact) mass is 311 g/mol. The molecule has 18 heavy (non-hydrogen) atoms. The molecule has 0 spiro atoms. The van der Waals surface area contributed by atoms with E-state index in [1.807, 2.05) is 12.1 Å². The van der Waals surface area contributed by atoms with Crippen LogP contribution in [0.5, 0.6) is 0 Å². The summed E-state index contributed by atoms with van der Waals surface area (Å²) >= 11 is 3.41. The van der Waals surface area contributed by atoms with Gasteiger partial charge in [-0.25, -0.2) is 0 Å². The Kier molecular flexibility index (Phi) is 4.78. The summed E-state index contributed by atoms with van der Waals surface area (Å²) in [7, 11) is 0. The first kappa shape index (κ1) is 13.6. The summed E-state index contributed by atoms with van der Waals surface area (Å²) in [6, 6.07) is 8.18. The van der Waals surface area contributed by atoms with Crippen LogP contribution in [0, 0.1) is 11.8 Å². The lowest BCUT2D eigenvalue weighted by Gasteiger charge is -2.16. The van der Waals surface area contributed by atoms with E-state index in [0.29, 0.717) is 0 Å². The molecule has 2 atom stereocenters. The molecular formula is C14H18BrNO2. The van der Waals surface area contributed by atoms with E-state index in [1.54, 1.807) is 0 Å². The second-order valence-corrected chi connectivity index (χ2v) is 5.81. The van der Waals surface area contributed by atoms with Crippen LogP contribution in [0.15, 0.2) is 28.7 Å². The van der Waals surface area contributed by atoms with Crippen molar-refractivity contribution < 1.29 is 9.90 Å². The molecule has 1 aliphatic rings. The van der Waals surface area contributed by atoms with Crippen molar-refractivity contribution in [1.29, 1.82) is 0 Å². The van der Waals surface area contributed by atoms with Crippen LogP contribution in [0.25, 0.3) is 0 Å². The molecule has 1 saturated carbocycles. The third-order valence-corrected chi connectivity index (χ3v) is 4.15. The highest BCUT2D eigenvalue weighted by Gasteiger charge is 2.32. The molecule has 0 amide bonds.